The van der Waals surface area contributed by atoms with Crippen LogP contribution < -0.4 is 15.4 Å². The van der Waals surface area contributed by atoms with Crippen LogP contribution in [-0.4, -0.2) is 48.8 Å². The number of benzene rings is 3. The lowest BCUT2D eigenvalue weighted by molar-refractivity contribution is 0.1000. The van der Waals surface area contributed by atoms with Crippen LogP contribution in [0.1, 0.15) is 40.5 Å². The molecule has 1 aliphatic rings. The Labute approximate surface area is 216 Å². The molecule has 0 radical (unpaired) electrons. The van der Waals surface area contributed by atoms with E-state index >= 15 is 0 Å². The van der Waals surface area contributed by atoms with Crippen molar-refractivity contribution in [1.82, 2.24) is 4.90 Å². The van der Waals surface area contributed by atoms with Gasteiger partial charge in [0.15, 0.2) is 5.69 Å². The second-order valence-corrected chi connectivity index (χ2v) is 9.16. The molecule has 0 spiro atoms. The van der Waals surface area contributed by atoms with E-state index in [0.29, 0.717) is 22.0 Å². The zero-order valence-corrected chi connectivity index (χ0v) is 20.9. The molecule has 0 unspecified atom stereocenters. The largest absolute Gasteiger partial charge is 0.491 e. The molecule has 3 aromatic rings. The van der Waals surface area contributed by atoms with Crippen molar-refractivity contribution in [2.24, 2.45) is 5.73 Å². The molecule has 3 aromatic carbocycles. The lowest BCUT2D eigenvalue weighted by atomic mass is 9.97. The molecule has 0 bridgehead atoms. The summed E-state index contributed by atoms with van der Waals surface area (Å²) in [6.45, 7) is 11.8. The molecule has 4 rings (SSSR count). The molecule has 8 heteroatoms. The fraction of sp³-hybridized carbons (Fsp3) is 0.286. The quantitative estimate of drug-likeness (QED) is 0.422. The summed E-state index contributed by atoms with van der Waals surface area (Å²) in [4.78, 5) is 19.8. The van der Waals surface area contributed by atoms with E-state index in [4.69, 9.17) is 33.8 Å². The van der Waals surface area contributed by atoms with E-state index in [9.17, 15) is 4.79 Å². The smallest absolute Gasteiger partial charge is 0.248 e. The van der Waals surface area contributed by atoms with Gasteiger partial charge in [-0.05, 0) is 42.3 Å². The second kappa shape index (κ2) is 11.4. The highest BCUT2D eigenvalue weighted by molar-refractivity contribution is 6.33. The molecule has 1 aliphatic heterocycles. The van der Waals surface area contributed by atoms with E-state index in [1.807, 2.05) is 48.5 Å². The van der Waals surface area contributed by atoms with Gasteiger partial charge >= 0.3 is 0 Å². The van der Waals surface area contributed by atoms with Crippen LogP contribution in [0.2, 0.25) is 5.02 Å². The predicted molar refractivity (Wildman–Crippen MR) is 142 cm³/mol. The summed E-state index contributed by atoms with van der Waals surface area (Å²) in [6.07, 6.45) is 0. The Hall–Kier alpha value is -3.57. The molecule has 186 valence electrons. The fourth-order valence-electron chi connectivity index (χ4n) is 4.61. The number of piperazine rings is 1. The normalized spacial score (nSPS) is 16.8. The van der Waals surface area contributed by atoms with Gasteiger partial charge in [-0.25, -0.2) is 4.85 Å². The van der Waals surface area contributed by atoms with Crippen LogP contribution in [0, 0.1) is 6.57 Å². The average Bonchev–Trinajstić information content (AvgIpc) is 2.91. The summed E-state index contributed by atoms with van der Waals surface area (Å²) < 4.78 is 5.52. The van der Waals surface area contributed by atoms with E-state index in [-0.39, 0.29) is 25.3 Å². The maximum atomic E-state index is 11.6. The first kappa shape index (κ1) is 25.5. The number of primary amides is 1. The van der Waals surface area contributed by atoms with Gasteiger partial charge in [0.2, 0.25) is 5.91 Å². The van der Waals surface area contributed by atoms with Gasteiger partial charge in [-0.2, -0.15) is 0 Å². The van der Waals surface area contributed by atoms with E-state index in [1.54, 1.807) is 18.2 Å². The lowest BCUT2D eigenvalue weighted by Crippen LogP contribution is -2.49. The number of anilines is 1. The summed E-state index contributed by atoms with van der Waals surface area (Å²) in [5, 5.41) is 9.61. The van der Waals surface area contributed by atoms with Gasteiger partial charge in [-0.15, -0.1) is 0 Å². The van der Waals surface area contributed by atoms with E-state index in [1.165, 1.54) is 0 Å². The minimum atomic E-state index is -0.457. The molecule has 2 atom stereocenters. The Morgan fingerprint density at radius 3 is 2.50 bits per heavy atom. The van der Waals surface area contributed by atoms with Gasteiger partial charge in [-0.1, -0.05) is 48.0 Å². The first-order chi connectivity index (χ1) is 17.4. The number of amides is 1. The van der Waals surface area contributed by atoms with Crippen molar-refractivity contribution in [2.45, 2.75) is 19.0 Å². The van der Waals surface area contributed by atoms with Gasteiger partial charge in [0.05, 0.1) is 29.9 Å². The van der Waals surface area contributed by atoms with Crippen LogP contribution in [0.4, 0.5) is 11.4 Å². The molecule has 1 fully saturated rings. The van der Waals surface area contributed by atoms with Crippen molar-refractivity contribution in [3.05, 3.63) is 99.9 Å². The number of carbonyl (C=O) groups excluding carboxylic acids is 1. The lowest BCUT2D eigenvalue weighted by Gasteiger charge is -2.45. The SMILES string of the molecule is [C-]#[N+]c1ccc([C@@H](C)N2CCN(c3ccc(OCCO)cc3Cl)[C@H](c3ccc(C(N)=O)cc3)C2)cc1. The van der Waals surface area contributed by atoms with E-state index < -0.39 is 5.91 Å². The van der Waals surface area contributed by atoms with Crippen molar-refractivity contribution < 1.29 is 14.6 Å². The number of aliphatic hydroxyl groups excluding tert-OH is 1. The topological polar surface area (TPSA) is 83.4 Å². The fourth-order valence-corrected chi connectivity index (χ4v) is 4.89. The van der Waals surface area contributed by atoms with Gasteiger partial charge in [-0.3, -0.25) is 9.69 Å². The maximum Gasteiger partial charge on any atom is 0.248 e. The van der Waals surface area contributed by atoms with Crippen molar-refractivity contribution in [2.75, 3.05) is 37.7 Å². The molecule has 0 aliphatic carbocycles. The molecule has 7 nitrogen and oxygen atoms in total. The molecule has 1 saturated heterocycles. The van der Waals surface area contributed by atoms with E-state index in [0.717, 1.165) is 36.4 Å². The molecular formula is C28H29ClN4O3. The number of aliphatic hydroxyl groups is 1. The summed E-state index contributed by atoms with van der Waals surface area (Å²) >= 11 is 6.70. The van der Waals surface area contributed by atoms with E-state index in [2.05, 4.69) is 21.6 Å². The zero-order valence-electron chi connectivity index (χ0n) is 20.1. The molecular weight excluding hydrogens is 476 g/mol. The minimum Gasteiger partial charge on any atom is -0.491 e. The third kappa shape index (κ3) is 5.63. The van der Waals surface area contributed by atoms with Crippen molar-refractivity contribution in [3.63, 3.8) is 0 Å². The number of ether oxygens (including phenoxy) is 1. The summed E-state index contributed by atoms with van der Waals surface area (Å²) in [5.41, 5.74) is 9.65. The molecule has 3 N–H and O–H groups in total. The third-order valence-electron chi connectivity index (χ3n) is 6.63. The van der Waals surface area contributed by atoms with Gasteiger partial charge in [0.25, 0.3) is 0 Å². The van der Waals surface area contributed by atoms with Crippen LogP contribution in [-0.2, 0) is 0 Å². The maximum absolute atomic E-state index is 11.6. The first-order valence-corrected chi connectivity index (χ1v) is 12.2. The van der Waals surface area contributed by atoms with Crippen molar-refractivity contribution >= 4 is 28.9 Å². The Balaban J connectivity index is 1.64. The highest BCUT2D eigenvalue weighted by Gasteiger charge is 2.32. The van der Waals surface area contributed by atoms with Crippen LogP contribution in [0.25, 0.3) is 4.85 Å². The number of nitrogens with zero attached hydrogens (tertiary/aromatic N) is 3. The van der Waals surface area contributed by atoms with Crippen LogP contribution in [0.3, 0.4) is 0 Å². The van der Waals surface area contributed by atoms with Gasteiger partial charge in [0, 0.05) is 37.3 Å². The Bertz CT molecular complexity index is 1240. The number of rotatable bonds is 8. The summed E-state index contributed by atoms with van der Waals surface area (Å²) in [7, 11) is 0. The van der Waals surface area contributed by atoms with Gasteiger partial charge < -0.3 is 20.5 Å². The zero-order chi connectivity index (χ0) is 25.7. The van der Waals surface area contributed by atoms with Crippen molar-refractivity contribution in [3.8, 4) is 5.75 Å². The molecule has 1 heterocycles. The molecule has 36 heavy (non-hydrogen) atoms. The monoisotopic (exact) mass is 504 g/mol. The number of hydrogen-bond acceptors (Lipinski definition) is 5. The first-order valence-electron chi connectivity index (χ1n) is 11.8. The Kier molecular flexibility index (Phi) is 8.11. The standard InChI is InChI=1S/C28H29ClN4O3/c1-19(20-7-9-23(31-2)10-8-20)32-13-14-33(26-12-11-24(17-25(26)29)36-16-15-34)27(18-32)21-3-5-22(6-4-21)28(30)35/h3-12,17,19,27,34H,13-16,18H2,1H3,(H2,30,35)/t19-,27+/m1/s1. The number of nitrogens with two attached hydrogens (primary N) is 1. The van der Waals surface area contributed by atoms with Crippen LogP contribution in [0.15, 0.2) is 66.7 Å². The second-order valence-electron chi connectivity index (χ2n) is 8.75. The Morgan fingerprint density at radius 1 is 1.17 bits per heavy atom. The Morgan fingerprint density at radius 2 is 1.89 bits per heavy atom. The van der Waals surface area contributed by atoms with Crippen LogP contribution in [0.5, 0.6) is 5.75 Å². The molecule has 1 amide bonds. The molecule has 0 saturated carbocycles. The number of hydrogen-bond donors (Lipinski definition) is 2. The average molecular weight is 505 g/mol. The summed E-state index contributed by atoms with van der Waals surface area (Å²) in [5.74, 6) is 0.150. The third-order valence-corrected chi connectivity index (χ3v) is 6.94. The van der Waals surface area contributed by atoms with Crippen molar-refractivity contribution in [1.29, 1.82) is 0 Å². The number of carbonyl (C=O) groups is 1. The molecule has 0 aromatic heterocycles. The minimum absolute atomic E-state index is 0.0210. The highest BCUT2D eigenvalue weighted by Crippen LogP contribution is 2.39. The van der Waals surface area contributed by atoms with Crippen LogP contribution >= 0.6 is 11.6 Å². The van der Waals surface area contributed by atoms with Gasteiger partial charge in [0.1, 0.15) is 12.4 Å². The highest BCUT2D eigenvalue weighted by atomic mass is 35.5. The predicted octanol–water partition coefficient (Wildman–Crippen LogP) is 4.99. The number of halogens is 1. The summed E-state index contributed by atoms with van der Waals surface area (Å²) in [6, 6.07) is 20.9.